The zero-order chi connectivity index (χ0) is 15.2. The summed E-state index contributed by atoms with van der Waals surface area (Å²) in [6, 6.07) is 19.4. The van der Waals surface area contributed by atoms with Crippen molar-refractivity contribution in [3.63, 3.8) is 0 Å². The predicted molar refractivity (Wildman–Crippen MR) is 93.1 cm³/mol. The van der Waals surface area contributed by atoms with E-state index in [1.807, 2.05) is 0 Å². The summed E-state index contributed by atoms with van der Waals surface area (Å²) < 4.78 is 0. The minimum absolute atomic E-state index is 0.914. The quantitative estimate of drug-likeness (QED) is 0.915. The van der Waals surface area contributed by atoms with E-state index in [1.165, 1.54) is 16.8 Å². The van der Waals surface area contributed by atoms with Crippen molar-refractivity contribution < 1.29 is 0 Å². The standard InChI is InChI=1S/C19H25N3/c1-21-11-13-22(14-12-21)19-10-6-5-9-18(19)16-20-15-17-7-3-2-4-8-17/h2-10,20H,11-16H2,1H3. The number of para-hydroxylation sites is 1. The number of piperazine rings is 1. The summed E-state index contributed by atoms with van der Waals surface area (Å²) in [5, 5.41) is 3.57. The number of nitrogens with one attached hydrogen (secondary N) is 1. The van der Waals surface area contributed by atoms with E-state index in [0.717, 1.165) is 39.3 Å². The molecule has 22 heavy (non-hydrogen) atoms. The highest BCUT2D eigenvalue weighted by molar-refractivity contribution is 5.54. The zero-order valence-electron chi connectivity index (χ0n) is 13.3. The van der Waals surface area contributed by atoms with Gasteiger partial charge in [0.05, 0.1) is 0 Å². The maximum atomic E-state index is 3.57. The van der Waals surface area contributed by atoms with Crippen molar-refractivity contribution in [2.75, 3.05) is 38.1 Å². The summed E-state index contributed by atoms with van der Waals surface area (Å²) in [4.78, 5) is 4.91. The van der Waals surface area contributed by atoms with Gasteiger partial charge in [0.25, 0.3) is 0 Å². The summed E-state index contributed by atoms with van der Waals surface area (Å²) in [6.45, 7) is 6.35. The first-order chi connectivity index (χ1) is 10.8. The van der Waals surface area contributed by atoms with Crippen LogP contribution >= 0.6 is 0 Å². The molecule has 2 aromatic carbocycles. The van der Waals surface area contributed by atoms with E-state index in [1.54, 1.807) is 0 Å². The summed E-state index contributed by atoms with van der Waals surface area (Å²) in [5.41, 5.74) is 4.11. The van der Waals surface area contributed by atoms with Crippen molar-refractivity contribution in [2.45, 2.75) is 13.1 Å². The lowest BCUT2D eigenvalue weighted by Gasteiger charge is -2.35. The number of hydrogen-bond acceptors (Lipinski definition) is 3. The SMILES string of the molecule is CN1CCN(c2ccccc2CNCc2ccccc2)CC1. The molecule has 1 fully saturated rings. The summed E-state index contributed by atoms with van der Waals surface area (Å²) >= 11 is 0. The van der Waals surface area contributed by atoms with Gasteiger partial charge in [-0.3, -0.25) is 0 Å². The highest BCUT2D eigenvalue weighted by Gasteiger charge is 2.16. The first kappa shape index (κ1) is 15.1. The highest BCUT2D eigenvalue weighted by Crippen LogP contribution is 2.21. The molecule has 3 heteroatoms. The van der Waals surface area contributed by atoms with Gasteiger partial charge in [0, 0.05) is 45.0 Å². The van der Waals surface area contributed by atoms with Gasteiger partial charge in [-0.15, -0.1) is 0 Å². The van der Waals surface area contributed by atoms with Gasteiger partial charge in [-0.2, -0.15) is 0 Å². The van der Waals surface area contributed by atoms with E-state index in [9.17, 15) is 0 Å². The second-order valence-corrected chi connectivity index (χ2v) is 6.01. The van der Waals surface area contributed by atoms with Crippen LogP contribution in [0.1, 0.15) is 11.1 Å². The summed E-state index contributed by atoms with van der Waals surface area (Å²) in [6.07, 6.45) is 0. The molecule has 2 aromatic rings. The first-order valence-electron chi connectivity index (χ1n) is 8.09. The zero-order valence-corrected chi connectivity index (χ0v) is 13.3. The maximum absolute atomic E-state index is 3.57. The van der Waals surface area contributed by atoms with Gasteiger partial charge < -0.3 is 15.1 Å². The van der Waals surface area contributed by atoms with Gasteiger partial charge in [0.2, 0.25) is 0 Å². The van der Waals surface area contributed by atoms with Crippen molar-refractivity contribution in [3.05, 3.63) is 65.7 Å². The van der Waals surface area contributed by atoms with Gasteiger partial charge in [-0.1, -0.05) is 48.5 Å². The normalized spacial score (nSPS) is 16.0. The fourth-order valence-corrected chi connectivity index (χ4v) is 2.95. The van der Waals surface area contributed by atoms with E-state index in [-0.39, 0.29) is 0 Å². The number of likely N-dealkylation sites (N-methyl/N-ethyl adjacent to an activating group) is 1. The fraction of sp³-hybridized carbons (Fsp3) is 0.368. The molecule has 3 nitrogen and oxygen atoms in total. The lowest BCUT2D eigenvalue weighted by atomic mass is 10.1. The Hall–Kier alpha value is -1.84. The molecule has 1 aliphatic rings. The Kier molecular flexibility index (Phi) is 5.09. The van der Waals surface area contributed by atoms with Gasteiger partial charge in [0.15, 0.2) is 0 Å². The third kappa shape index (κ3) is 3.87. The number of anilines is 1. The van der Waals surface area contributed by atoms with Crippen LogP contribution in [-0.2, 0) is 13.1 Å². The summed E-state index contributed by atoms with van der Waals surface area (Å²) in [7, 11) is 2.20. The molecular weight excluding hydrogens is 270 g/mol. The highest BCUT2D eigenvalue weighted by atomic mass is 15.2. The van der Waals surface area contributed by atoms with Gasteiger partial charge in [-0.25, -0.2) is 0 Å². The van der Waals surface area contributed by atoms with Crippen LogP contribution in [0.4, 0.5) is 5.69 Å². The minimum atomic E-state index is 0.914. The van der Waals surface area contributed by atoms with Gasteiger partial charge >= 0.3 is 0 Å². The molecule has 1 N–H and O–H groups in total. The molecule has 0 unspecified atom stereocenters. The van der Waals surface area contributed by atoms with Crippen LogP contribution in [0.5, 0.6) is 0 Å². The van der Waals surface area contributed by atoms with Crippen LogP contribution in [0.25, 0.3) is 0 Å². The molecule has 0 aliphatic carbocycles. The van der Waals surface area contributed by atoms with E-state index in [2.05, 4.69) is 76.8 Å². The van der Waals surface area contributed by atoms with E-state index in [0.29, 0.717) is 0 Å². The second kappa shape index (κ2) is 7.43. The van der Waals surface area contributed by atoms with Crippen LogP contribution in [-0.4, -0.2) is 38.1 Å². The Morgan fingerprint density at radius 2 is 1.50 bits per heavy atom. The molecule has 0 bridgehead atoms. The van der Waals surface area contributed by atoms with Crippen molar-refractivity contribution in [1.82, 2.24) is 10.2 Å². The molecule has 0 atom stereocenters. The smallest absolute Gasteiger partial charge is 0.0412 e. The van der Waals surface area contributed by atoms with Crippen LogP contribution < -0.4 is 10.2 Å². The average Bonchev–Trinajstić information content (AvgIpc) is 2.57. The lowest BCUT2D eigenvalue weighted by Crippen LogP contribution is -2.44. The van der Waals surface area contributed by atoms with E-state index >= 15 is 0 Å². The number of nitrogens with zero attached hydrogens (tertiary/aromatic N) is 2. The van der Waals surface area contributed by atoms with Crippen molar-refractivity contribution >= 4 is 5.69 Å². The molecule has 1 heterocycles. The Balaban J connectivity index is 1.61. The molecule has 1 aliphatic heterocycles. The Morgan fingerprint density at radius 3 is 2.27 bits per heavy atom. The predicted octanol–water partition coefficient (Wildman–Crippen LogP) is 2.73. The Morgan fingerprint density at radius 1 is 0.818 bits per heavy atom. The molecule has 116 valence electrons. The first-order valence-corrected chi connectivity index (χ1v) is 8.09. The topological polar surface area (TPSA) is 18.5 Å². The van der Waals surface area contributed by atoms with Crippen LogP contribution in [0.2, 0.25) is 0 Å². The molecule has 0 saturated carbocycles. The Bertz CT molecular complexity index is 574. The van der Waals surface area contributed by atoms with Crippen molar-refractivity contribution in [2.24, 2.45) is 0 Å². The molecule has 1 saturated heterocycles. The van der Waals surface area contributed by atoms with Gasteiger partial charge in [0.1, 0.15) is 0 Å². The molecule has 0 spiro atoms. The number of hydrogen-bond donors (Lipinski definition) is 1. The van der Waals surface area contributed by atoms with Gasteiger partial charge in [-0.05, 0) is 24.2 Å². The monoisotopic (exact) mass is 295 g/mol. The summed E-state index contributed by atoms with van der Waals surface area (Å²) in [5.74, 6) is 0. The average molecular weight is 295 g/mol. The third-order valence-corrected chi connectivity index (χ3v) is 4.32. The molecule has 0 amide bonds. The number of rotatable bonds is 5. The van der Waals surface area contributed by atoms with Crippen LogP contribution in [0.15, 0.2) is 54.6 Å². The lowest BCUT2D eigenvalue weighted by molar-refractivity contribution is 0.312. The van der Waals surface area contributed by atoms with Crippen LogP contribution in [0, 0.1) is 0 Å². The molecule has 3 rings (SSSR count). The largest absolute Gasteiger partial charge is 0.369 e. The fourth-order valence-electron chi connectivity index (χ4n) is 2.95. The Labute approximate surface area is 133 Å². The molecular formula is C19H25N3. The van der Waals surface area contributed by atoms with Crippen LogP contribution in [0.3, 0.4) is 0 Å². The molecule has 0 aromatic heterocycles. The van der Waals surface area contributed by atoms with E-state index < -0.39 is 0 Å². The minimum Gasteiger partial charge on any atom is -0.369 e. The second-order valence-electron chi connectivity index (χ2n) is 6.01. The molecule has 0 radical (unpaired) electrons. The van der Waals surface area contributed by atoms with Crippen molar-refractivity contribution in [1.29, 1.82) is 0 Å². The third-order valence-electron chi connectivity index (χ3n) is 4.32. The van der Waals surface area contributed by atoms with Crippen molar-refractivity contribution in [3.8, 4) is 0 Å². The van der Waals surface area contributed by atoms with E-state index in [4.69, 9.17) is 0 Å². The number of benzene rings is 2. The maximum Gasteiger partial charge on any atom is 0.0412 e.